The molecule has 0 radical (unpaired) electrons. The molecule has 2 aromatic rings. The summed E-state index contributed by atoms with van der Waals surface area (Å²) >= 11 is 18.1. The molecule has 2 aromatic carbocycles. The van der Waals surface area contributed by atoms with Gasteiger partial charge in [0.25, 0.3) is 5.60 Å². The lowest BCUT2D eigenvalue weighted by atomic mass is 9.78. The number of rotatable bonds is 4. The van der Waals surface area contributed by atoms with Crippen molar-refractivity contribution < 1.29 is 21.9 Å². The Bertz CT molecular complexity index is 980. The number of alkyl halides is 3. The summed E-state index contributed by atoms with van der Waals surface area (Å²) in [7, 11) is 0. The first-order valence-electron chi connectivity index (χ1n) is 8.99. The van der Waals surface area contributed by atoms with E-state index in [1.807, 2.05) is 0 Å². The standard InChI is InChI=1S/C20H14Cl3F4NOS/c21-14-8-13(9-15(22)17(14)23)19(20(24,25)26)10-16(28-29-19)11-2-4-12(5-3-11)18(30-27)6-1-7-18/h2-5,8-9H,1,6-7,10H2. The Hall–Kier alpha value is -1.15. The third-order valence-electron chi connectivity index (χ3n) is 5.69. The first-order chi connectivity index (χ1) is 14.1. The molecule has 1 saturated carbocycles. The Morgan fingerprint density at radius 2 is 1.57 bits per heavy atom. The van der Waals surface area contributed by atoms with E-state index in [1.54, 1.807) is 24.3 Å². The summed E-state index contributed by atoms with van der Waals surface area (Å²) in [6, 6.07) is 8.91. The van der Waals surface area contributed by atoms with E-state index in [0.717, 1.165) is 37.0 Å². The topological polar surface area (TPSA) is 21.6 Å². The SMILES string of the molecule is FSC1(c2ccc(C3=NOC(c4cc(Cl)c(Cl)c(Cl)c4)(C(F)(F)F)C3)cc2)CCC1. The van der Waals surface area contributed by atoms with Gasteiger partial charge in [-0.05, 0) is 42.5 Å². The van der Waals surface area contributed by atoms with Gasteiger partial charge in [-0.3, -0.25) is 0 Å². The van der Waals surface area contributed by atoms with Gasteiger partial charge in [0.15, 0.2) is 0 Å². The van der Waals surface area contributed by atoms with Crippen molar-refractivity contribution >= 4 is 52.7 Å². The van der Waals surface area contributed by atoms with Crippen LogP contribution in [0.2, 0.25) is 15.1 Å². The highest BCUT2D eigenvalue weighted by atomic mass is 35.5. The summed E-state index contributed by atoms with van der Waals surface area (Å²) in [6.45, 7) is 0. The molecule has 0 amide bonds. The Morgan fingerprint density at radius 3 is 2.03 bits per heavy atom. The van der Waals surface area contributed by atoms with E-state index >= 15 is 0 Å². The predicted octanol–water partition coefficient (Wildman–Crippen LogP) is 8.23. The van der Waals surface area contributed by atoms with Crippen LogP contribution >= 0.6 is 47.0 Å². The van der Waals surface area contributed by atoms with Crippen molar-refractivity contribution in [1.29, 1.82) is 0 Å². The summed E-state index contributed by atoms with van der Waals surface area (Å²) < 4.78 is 55.2. The fourth-order valence-corrected chi connectivity index (χ4v) is 4.99. The van der Waals surface area contributed by atoms with Crippen LogP contribution in [0.5, 0.6) is 0 Å². The third-order valence-corrected chi connectivity index (χ3v) is 7.83. The number of oxime groups is 1. The van der Waals surface area contributed by atoms with E-state index in [0.29, 0.717) is 17.7 Å². The van der Waals surface area contributed by atoms with Gasteiger partial charge in [-0.15, -0.1) is 0 Å². The average molecular weight is 499 g/mol. The summed E-state index contributed by atoms with van der Waals surface area (Å²) in [5.41, 5.74) is -1.62. The van der Waals surface area contributed by atoms with E-state index in [9.17, 15) is 17.1 Å². The Kier molecular flexibility index (Phi) is 5.71. The van der Waals surface area contributed by atoms with Crippen molar-refractivity contribution in [2.45, 2.75) is 42.2 Å². The lowest BCUT2D eigenvalue weighted by Crippen LogP contribution is -2.42. The molecule has 1 aliphatic heterocycles. The van der Waals surface area contributed by atoms with Crippen molar-refractivity contribution in [3.8, 4) is 0 Å². The van der Waals surface area contributed by atoms with Crippen molar-refractivity contribution in [3.05, 3.63) is 68.2 Å². The number of hydrogen-bond donors (Lipinski definition) is 0. The molecule has 1 atom stereocenters. The zero-order chi connectivity index (χ0) is 21.7. The lowest BCUT2D eigenvalue weighted by Gasteiger charge is -2.38. The molecule has 0 aromatic heterocycles. The molecule has 0 N–H and O–H groups in total. The van der Waals surface area contributed by atoms with Crippen LogP contribution in [0.25, 0.3) is 0 Å². The molecule has 1 unspecified atom stereocenters. The molecular formula is C20H14Cl3F4NOS. The summed E-state index contributed by atoms with van der Waals surface area (Å²) in [4.78, 5) is 5.00. The molecule has 0 spiro atoms. The van der Waals surface area contributed by atoms with E-state index in [4.69, 9.17) is 39.6 Å². The second-order valence-corrected chi connectivity index (χ2v) is 9.52. The highest BCUT2D eigenvalue weighted by Gasteiger charge is 2.62. The van der Waals surface area contributed by atoms with Gasteiger partial charge in [0.1, 0.15) is 0 Å². The fraction of sp³-hybridized carbons (Fsp3) is 0.350. The molecule has 1 aliphatic carbocycles. The Balaban J connectivity index is 1.66. The van der Waals surface area contributed by atoms with Crippen LogP contribution in [0, 0.1) is 0 Å². The molecule has 10 heteroatoms. The van der Waals surface area contributed by atoms with Gasteiger partial charge >= 0.3 is 6.18 Å². The van der Waals surface area contributed by atoms with Gasteiger partial charge in [0.05, 0.1) is 37.7 Å². The highest BCUT2D eigenvalue weighted by molar-refractivity contribution is 7.95. The second kappa shape index (κ2) is 7.76. The number of halogens is 7. The van der Waals surface area contributed by atoms with E-state index in [1.165, 1.54) is 0 Å². The fourth-order valence-electron chi connectivity index (χ4n) is 3.72. The maximum Gasteiger partial charge on any atom is 0.435 e. The molecule has 2 nitrogen and oxygen atoms in total. The smallest absolute Gasteiger partial charge is 0.374 e. The zero-order valence-corrected chi connectivity index (χ0v) is 18.3. The quantitative estimate of drug-likeness (QED) is 0.313. The van der Waals surface area contributed by atoms with Crippen LogP contribution in [0.4, 0.5) is 17.1 Å². The van der Waals surface area contributed by atoms with Gasteiger partial charge in [-0.1, -0.05) is 64.2 Å². The van der Waals surface area contributed by atoms with Crippen molar-refractivity contribution in [3.63, 3.8) is 0 Å². The predicted molar refractivity (Wildman–Crippen MR) is 112 cm³/mol. The van der Waals surface area contributed by atoms with Crippen molar-refractivity contribution in [2.75, 3.05) is 0 Å². The van der Waals surface area contributed by atoms with Crippen LogP contribution in [0.1, 0.15) is 42.4 Å². The number of benzene rings is 2. The summed E-state index contributed by atoms with van der Waals surface area (Å²) in [5.74, 6) is 0. The molecule has 1 heterocycles. The largest absolute Gasteiger partial charge is 0.435 e. The molecule has 4 rings (SSSR count). The maximum absolute atomic E-state index is 14.1. The minimum Gasteiger partial charge on any atom is -0.374 e. The van der Waals surface area contributed by atoms with Gasteiger partial charge < -0.3 is 4.84 Å². The van der Waals surface area contributed by atoms with E-state index in [2.05, 4.69) is 5.16 Å². The van der Waals surface area contributed by atoms with E-state index in [-0.39, 0.29) is 26.3 Å². The molecule has 160 valence electrons. The first kappa shape index (κ1) is 22.1. The van der Waals surface area contributed by atoms with Crippen LogP contribution in [-0.4, -0.2) is 11.9 Å². The molecule has 0 saturated heterocycles. The van der Waals surface area contributed by atoms with Gasteiger partial charge in [-0.25, -0.2) is 0 Å². The normalized spacial score (nSPS) is 23.0. The highest BCUT2D eigenvalue weighted by Crippen LogP contribution is 2.53. The molecular weight excluding hydrogens is 485 g/mol. The van der Waals surface area contributed by atoms with Gasteiger partial charge in [0, 0.05) is 12.0 Å². The minimum absolute atomic E-state index is 0.0372. The van der Waals surface area contributed by atoms with Gasteiger partial charge in [-0.2, -0.15) is 17.1 Å². The van der Waals surface area contributed by atoms with Crippen LogP contribution in [0.15, 0.2) is 41.6 Å². The molecule has 1 fully saturated rings. The average Bonchev–Trinajstić information content (AvgIpc) is 3.13. The minimum atomic E-state index is -4.79. The Morgan fingerprint density at radius 1 is 0.967 bits per heavy atom. The van der Waals surface area contributed by atoms with E-state index < -0.39 is 22.9 Å². The Labute approximate surface area is 189 Å². The lowest BCUT2D eigenvalue weighted by molar-refractivity contribution is -0.275. The molecule has 30 heavy (non-hydrogen) atoms. The van der Waals surface area contributed by atoms with Crippen molar-refractivity contribution in [1.82, 2.24) is 0 Å². The second-order valence-electron chi connectivity index (χ2n) is 7.39. The third kappa shape index (κ3) is 3.48. The van der Waals surface area contributed by atoms with Crippen LogP contribution in [0.3, 0.4) is 0 Å². The van der Waals surface area contributed by atoms with Crippen LogP contribution in [-0.2, 0) is 15.2 Å². The van der Waals surface area contributed by atoms with Gasteiger partial charge in [0.2, 0.25) is 0 Å². The summed E-state index contributed by atoms with van der Waals surface area (Å²) in [6.07, 6.45) is -2.95. The first-order valence-corrected chi connectivity index (χ1v) is 10.8. The monoisotopic (exact) mass is 497 g/mol. The van der Waals surface area contributed by atoms with Crippen LogP contribution < -0.4 is 0 Å². The molecule has 0 bridgehead atoms. The molecule has 2 aliphatic rings. The zero-order valence-electron chi connectivity index (χ0n) is 15.2. The maximum atomic E-state index is 14.1. The van der Waals surface area contributed by atoms with Crippen molar-refractivity contribution in [2.24, 2.45) is 5.16 Å². The number of hydrogen-bond acceptors (Lipinski definition) is 3. The number of nitrogens with zero attached hydrogens (tertiary/aromatic N) is 1. The summed E-state index contributed by atoms with van der Waals surface area (Å²) in [5, 5.41) is 3.47.